The monoisotopic (exact) mass is 515 g/mol. The van der Waals surface area contributed by atoms with E-state index in [-0.39, 0.29) is 30.1 Å². The molecule has 4 rings (SSSR count). The number of hydrogen-bond donors (Lipinski definition) is 1. The first-order valence-electron chi connectivity index (χ1n) is 12.8. The summed E-state index contributed by atoms with van der Waals surface area (Å²) in [5.41, 5.74) is 3.46. The van der Waals surface area contributed by atoms with Crippen molar-refractivity contribution >= 4 is 22.7 Å². The molecule has 0 aliphatic heterocycles. The molecule has 1 N–H and O–H groups in total. The van der Waals surface area contributed by atoms with Crippen molar-refractivity contribution < 1.29 is 18.7 Å². The van der Waals surface area contributed by atoms with Gasteiger partial charge in [-0.3, -0.25) is 9.59 Å². The third-order valence-corrected chi connectivity index (χ3v) is 6.48. The molecule has 38 heavy (non-hydrogen) atoms. The number of aromatic nitrogens is 1. The van der Waals surface area contributed by atoms with Crippen LogP contribution in [-0.2, 0) is 17.8 Å². The third-order valence-electron chi connectivity index (χ3n) is 6.48. The Morgan fingerprint density at radius 1 is 0.974 bits per heavy atom. The lowest BCUT2D eigenvalue weighted by molar-refractivity contribution is -0.132. The Bertz CT molecular complexity index is 1380. The molecule has 4 aromatic rings. The van der Waals surface area contributed by atoms with E-state index in [2.05, 4.69) is 11.1 Å². The van der Waals surface area contributed by atoms with Gasteiger partial charge in [0.1, 0.15) is 18.1 Å². The molecule has 7 heteroatoms. The second kappa shape index (κ2) is 12.4. The fourth-order valence-electron chi connectivity index (χ4n) is 4.56. The number of hydrogen-bond acceptors (Lipinski definition) is 3. The number of ether oxygens (including phenoxy) is 1. The first kappa shape index (κ1) is 26.9. The van der Waals surface area contributed by atoms with Gasteiger partial charge in [-0.25, -0.2) is 4.39 Å². The molecule has 1 heterocycles. The number of nitrogens with one attached hydrogen (secondary N) is 1. The molecule has 0 spiro atoms. The van der Waals surface area contributed by atoms with Gasteiger partial charge in [-0.05, 0) is 59.9 Å². The number of H-pyrrole nitrogens is 1. The molecule has 198 valence electrons. The molecule has 0 atom stereocenters. The van der Waals surface area contributed by atoms with Crippen molar-refractivity contribution in [1.29, 1.82) is 0 Å². The van der Waals surface area contributed by atoms with E-state index in [4.69, 9.17) is 4.74 Å². The summed E-state index contributed by atoms with van der Waals surface area (Å²) in [6.45, 7) is 5.20. The van der Waals surface area contributed by atoms with Crippen molar-refractivity contribution in [2.75, 3.05) is 26.7 Å². The maximum atomic E-state index is 13.7. The fraction of sp³-hybridized carbons (Fsp3) is 0.290. The standard InChI is InChI=1S/C31H34FN3O3/c1-22(2)19-35(31(37)24-7-6-8-27(17-24)38-3)21-30(36)34(20-23-11-13-26(32)14-12-23)16-15-25-18-33-29-10-5-4-9-28(25)29/h4-14,17-18,22,33H,15-16,19-21H2,1-3H3. The summed E-state index contributed by atoms with van der Waals surface area (Å²) >= 11 is 0. The quantitative estimate of drug-likeness (QED) is 0.279. The number of para-hydroxylation sites is 1. The number of benzene rings is 3. The fourth-order valence-corrected chi connectivity index (χ4v) is 4.56. The van der Waals surface area contributed by atoms with Crippen LogP contribution in [0.2, 0.25) is 0 Å². The van der Waals surface area contributed by atoms with Gasteiger partial charge in [0.25, 0.3) is 5.91 Å². The molecular weight excluding hydrogens is 481 g/mol. The lowest BCUT2D eigenvalue weighted by atomic mass is 10.1. The van der Waals surface area contributed by atoms with Gasteiger partial charge in [0.05, 0.1) is 7.11 Å². The van der Waals surface area contributed by atoms with Crippen LogP contribution < -0.4 is 4.74 Å². The zero-order chi connectivity index (χ0) is 27.1. The summed E-state index contributed by atoms with van der Waals surface area (Å²) in [4.78, 5) is 33.8. The van der Waals surface area contributed by atoms with Gasteiger partial charge in [-0.15, -0.1) is 0 Å². The molecular formula is C31H34FN3O3. The number of methoxy groups -OCH3 is 1. The minimum absolute atomic E-state index is 0.0523. The van der Waals surface area contributed by atoms with Gasteiger partial charge in [-0.2, -0.15) is 0 Å². The first-order valence-corrected chi connectivity index (χ1v) is 12.8. The van der Waals surface area contributed by atoms with Crippen LogP contribution in [0.4, 0.5) is 4.39 Å². The van der Waals surface area contributed by atoms with E-state index in [1.807, 2.05) is 38.2 Å². The van der Waals surface area contributed by atoms with E-state index >= 15 is 0 Å². The summed E-state index contributed by atoms with van der Waals surface area (Å²) < 4.78 is 18.8. The minimum atomic E-state index is -0.322. The van der Waals surface area contributed by atoms with Crippen molar-refractivity contribution in [3.63, 3.8) is 0 Å². The highest BCUT2D eigenvalue weighted by atomic mass is 19.1. The Balaban J connectivity index is 1.55. The lowest BCUT2D eigenvalue weighted by Gasteiger charge is -2.29. The maximum absolute atomic E-state index is 13.7. The molecule has 0 bridgehead atoms. The van der Waals surface area contributed by atoms with Crippen LogP contribution in [0.15, 0.2) is 79.0 Å². The predicted octanol–water partition coefficient (Wildman–Crippen LogP) is 5.69. The van der Waals surface area contributed by atoms with Crippen LogP contribution in [0.1, 0.15) is 35.3 Å². The van der Waals surface area contributed by atoms with E-state index in [0.717, 1.165) is 22.0 Å². The molecule has 0 saturated heterocycles. The molecule has 1 aromatic heterocycles. The summed E-state index contributed by atoms with van der Waals surface area (Å²) in [6.07, 6.45) is 2.62. The van der Waals surface area contributed by atoms with Crippen LogP contribution in [0.25, 0.3) is 10.9 Å². The molecule has 0 fully saturated rings. The minimum Gasteiger partial charge on any atom is -0.497 e. The van der Waals surface area contributed by atoms with Gasteiger partial charge in [0, 0.05) is 42.3 Å². The van der Waals surface area contributed by atoms with E-state index < -0.39 is 0 Å². The maximum Gasteiger partial charge on any atom is 0.254 e. The third kappa shape index (κ3) is 6.79. The van der Waals surface area contributed by atoms with E-state index in [9.17, 15) is 14.0 Å². The second-order valence-corrected chi connectivity index (χ2v) is 9.86. The average Bonchev–Trinajstić information content (AvgIpc) is 3.34. The highest BCUT2D eigenvalue weighted by molar-refractivity contribution is 5.97. The number of halogens is 1. The Labute approximate surface area is 223 Å². The predicted molar refractivity (Wildman–Crippen MR) is 148 cm³/mol. The van der Waals surface area contributed by atoms with Crippen LogP contribution in [0.5, 0.6) is 5.75 Å². The van der Waals surface area contributed by atoms with E-state index in [0.29, 0.717) is 37.4 Å². The average molecular weight is 516 g/mol. The summed E-state index contributed by atoms with van der Waals surface area (Å²) in [5, 5.41) is 1.12. The normalized spacial score (nSPS) is 11.1. The summed E-state index contributed by atoms with van der Waals surface area (Å²) in [6, 6.07) is 21.2. The largest absolute Gasteiger partial charge is 0.497 e. The van der Waals surface area contributed by atoms with Crippen molar-refractivity contribution in [2.45, 2.75) is 26.8 Å². The van der Waals surface area contributed by atoms with Gasteiger partial charge in [0.15, 0.2) is 0 Å². The summed E-state index contributed by atoms with van der Waals surface area (Å²) in [7, 11) is 1.56. The zero-order valence-electron chi connectivity index (χ0n) is 22.1. The number of rotatable bonds is 11. The number of carbonyl (C=O) groups is 2. The van der Waals surface area contributed by atoms with Gasteiger partial charge >= 0.3 is 0 Å². The number of nitrogens with zero attached hydrogens (tertiary/aromatic N) is 2. The molecule has 0 unspecified atom stereocenters. The lowest BCUT2D eigenvalue weighted by Crippen LogP contribution is -2.44. The molecule has 0 aliphatic rings. The van der Waals surface area contributed by atoms with Crippen LogP contribution in [0.3, 0.4) is 0 Å². The smallest absolute Gasteiger partial charge is 0.254 e. The van der Waals surface area contributed by atoms with Crippen LogP contribution >= 0.6 is 0 Å². The van der Waals surface area contributed by atoms with Gasteiger partial charge in [-0.1, -0.05) is 50.2 Å². The first-order chi connectivity index (χ1) is 18.3. The number of fused-ring (bicyclic) bond motifs is 1. The highest BCUT2D eigenvalue weighted by Gasteiger charge is 2.24. The molecule has 6 nitrogen and oxygen atoms in total. The Kier molecular flexibility index (Phi) is 8.79. The molecule has 0 aliphatic carbocycles. The molecule has 0 radical (unpaired) electrons. The van der Waals surface area contributed by atoms with Crippen molar-refractivity contribution in [3.8, 4) is 5.75 Å². The number of aromatic amines is 1. The van der Waals surface area contributed by atoms with Crippen molar-refractivity contribution in [2.24, 2.45) is 5.92 Å². The SMILES string of the molecule is COc1cccc(C(=O)N(CC(=O)N(CCc2c[nH]c3ccccc23)Cc2ccc(F)cc2)CC(C)C)c1. The van der Waals surface area contributed by atoms with Gasteiger partial charge in [0.2, 0.25) is 5.91 Å². The van der Waals surface area contributed by atoms with Crippen molar-refractivity contribution in [3.05, 3.63) is 102 Å². The highest BCUT2D eigenvalue weighted by Crippen LogP contribution is 2.20. The zero-order valence-corrected chi connectivity index (χ0v) is 22.1. The Morgan fingerprint density at radius 3 is 2.47 bits per heavy atom. The van der Waals surface area contributed by atoms with Gasteiger partial charge < -0.3 is 19.5 Å². The topological polar surface area (TPSA) is 65.6 Å². The number of amides is 2. The molecule has 0 saturated carbocycles. The van der Waals surface area contributed by atoms with Crippen LogP contribution in [-0.4, -0.2) is 53.3 Å². The van der Waals surface area contributed by atoms with Crippen molar-refractivity contribution in [1.82, 2.24) is 14.8 Å². The molecule has 3 aromatic carbocycles. The van der Waals surface area contributed by atoms with Crippen LogP contribution in [0, 0.1) is 11.7 Å². The Morgan fingerprint density at radius 2 is 1.74 bits per heavy atom. The van der Waals surface area contributed by atoms with E-state index in [1.54, 1.807) is 53.3 Å². The summed E-state index contributed by atoms with van der Waals surface area (Å²) in [5.74, 6) is 0.0604. The Hall–Kier alpha value is -4.13. The number of carbonyl (C=O) groups excluding carboxylic acids is 2. The molecule has 2 amide bonds. The van der Waals surface area contributed by atoms with E-state index in [1.165, 1.54) is 12.1 Å². The second-order valence-electron chi connectivity index (χ2n) is 9.86.